The van der Waals surface area contributed by atoms with Crippen LogP contribution in [-0.2, 0) is 6.61 Å². The maximum absolute atomic E-state index is 13.1. The third kappa shape index (κ3) is 2.64. The minimum Gasteiger partial charge on any atom is -0.505 e. The fraction of sp³-hybridized carbons (Fsp3) is 0.0769. The number of rotatable bonds is 3. The SMILES string of the molecule is O=C(c1ccc(F)c(Br)c1)c1nccc(CO)c1O. The van der Waals surface area contributed by atoms with Crippen LogP contribution >= 0.6 is 15.9 Å². The predicted octanol–water partition coefficient (Wildman–Crippen LogP) is 2.41. The van der Waals surface area contributed by atoms with E-state index in [2.05, 4.69) is 20.9 Å². The normalized spacial score (nSPS) is 10.5. The molecule has 0 aliphatic heterocycles. The van der Waals surface area contributed by atoms with E-state index in [0.717, 1.165) is 6.07 Å². The monoisotopic (exact) mass is 325 g/mol. The van der Waals surface area contributed by atoms with Crippen molar-refractivity contribution in [1.29, 1.82) is 0 Å². The maximum atomic E-state index is 13.1. The lowest BCUT2D eigenvalue weighted by Gasteiger charge is -2.06. The van der Waals surface area contributed by atoms with Crippen LogP contribution in [0.2, 0.25) is 0 Å². The van der Waals surface area contributed by atoms with E-state index in [0.29, 0.717) is 0 Å². The number of halogens is 2. The molecule has 0 saturated heterocycles. The number of pyridine rings is 1. The maximum Gasteiger partial charge on any atom is 0.215 e. The van der Waals surface area contributed by atoms with Crippen molar-refractivity contribution in [2.24, 2.45) is 0 Å². The largest absolute Gasteiger partial charge is 0.505 e. The van der Waals surface area contributed by atoms with Gasteiger partial charge >= 0.3 is 0 Å². The molecule has 0 fully saturated rings. The standard InChI is InChI=1S/C13H9BrFNO3/c14-9-5-7(1-2-10(9)15)12(18)11-13(19)8(6-17)3-4-16-11/h1-5,17,19H,6H2. The second kappa shape index (κ2) is 5.46. The minimum absolute atomic E-state index is 0.149. The molecule has 0 unspecified atom stereocenters. The first kappa shape index (κ1) is 13.6. The molecule has 6 heteroatoms. The molecule has 2 N–H and O–H groups in total. The van der Waals surface area contributed by atoms with Gasteiger partial charge in [0.05, 0.1) is 11.1 Å². The van der Waals surface area contributed by atoms with E-state index in [4.69, 9.17) is 5.11 Å². The summed E-state index contributed by atoms with van der Waals surface area (Å²) in [6, 6.07) is 5.16. The van der Waals surface area contributed by atoms with E-state index in [1.807, 2.05) is 0 Å². The van der Waals surface area contributed by atoms with Crippen molar-refractivity contribution >= 4 is 21.7 Å². The van der Waals surface area contributed by atoms with E-state index in [-0.39, 0.29) is 27.0 Å². The van der Waals surface area contributed by atoms with Crippen molar-refractivity contribution < 1.29 is 19.4 Å². The van der Waals surface area contributed by atoms with Crippen LogP contribution in [0.5, 0.6) is 5.75 Å². The summed E-state index contributed by atoms with van der Waals surface area (Å²) in [5.74, 6) is -1.40. The van der Waals surface area contributed by atoms with Crippen LogP contribution in [0.3, 0.4) is 0 Å². The second-order valence-corrected chi connectivity index (χ2v) is 4.64. The molecule has 0 amide bonds. The lowest BCUT2D eigenvalue weighted by Crippen LogP contribution is -2.06. The van der Waals surface area contributed by atoms with Gasteiger partial charge in [0.15, 0.2) is 11.4 Å². The fourth-order valence-electron chi connectivity index (χ4n) is 1.56. The van der Waals surface area contributed by atoms with Crippen molar-refractivity contribution in [2.75, 3.05) is 0 Å². The molecular weight excluding hydrogens is 317 g/mol. The number of aromatic nitrogens is 1. The van der Waals surface area contributed by atoms with Gasteiger partial charge in [-0.15, -0.1) is 0 Å². The zero-order chi connectivity index (χ0) is 14.0. The highest BCUT2D eigenvalue weighted by Crippen LogP contribution is 2.24. The number of aromatic hydroxyl groups is 1. The van der Waals surface area contributed by atoms with Crippen LogP contribution in [-0.4, -0.2) is 21.0 Å². The number of nitrogens with zero attached hydrogens (tertiary/aromatic N) is 1. The smallest absolute Gasteiger partial charge is 0.215 e. The Morgan fingerprint density at radius 3 is 2.74 bits per heavy atom. The van der Waals surface area contributed by atoms with Crippen LogP contribution in [0.25, 0.3) is 0 Å². The Morgan fingerprint density at radius 2 is 2.11 bits per heavy atom. The Kier molecular flexibility index (Phi) is 3.92. The number of carbonyl (C=O) groups is 1. The molecule has 2 aromatic rings. The van der Waals surface area contributed by atoms with Crippen LogP contribution in [0, 0.1) is 5.82 Å². The van der Waals surface area contributed by atoms with Gasteiger partial charge < -0.3 is 10.2 Å². The summed E-state index contributed by atoms with van der Waals surface area (Å²) in [6.45, 7) is -0.401. The van der Waals surface area contributed by atoms with Crippen molar-refractivity contribution in [3.05, 3.63) is 57.6 Å². The third-order valence-electron chi connectivity index (χ3n) is 2.58. The van der Waals surface area contributed by atoms with Crippen molar-refractivity contribution in [3.8, 4) is 5.75 Å². The fourth-order valence-corrected chi connectivity index (χ4v) is 1.94. The summed E-state index contributed by atoms with van der Waals surface area (Å²) in [7, 11) is 0. The lowest BCUT2D eigenvalue weighted by molar-refractivity contribution is 0.103. The summed E-state index contributed by atoms with van der Waals surface area (Å²) in [5.41, 5.74) is 0.218. The van der Waals surface area contributed by atoms with Gasteiger partial charge in [-0.1, -0.05) is 0 Å². The van der Waals surface area contributed by atoms with Crippen LogP contribution in [0.4, 0.5) is 4.39 Å². The van der Waals surface area contributed by atoms with Gasteiger partial charge in [-0.25, -0.2) is 9.37 Å². The number of aliphatic hydroxyl groups is 1. The predicted molar refractivity (Wildman–Crippen MR) is 69.4 cm³/mol. The molecule has 4 nitrogen and oxygen atoms in total. The van der Waals surface area contributed by atoms with E-state index in [1.54, 1.807) is 0 Å². The molecule has 1 aromatic heterocycles. The molecular formula is C13H9BrFNO3. The van der Waals surface area contributed by atoms with Crippen LogP contribution in [0.1, 0.15) is 21.6 Å². The zero-order valence-corrected chi connectivity index (χ0v) is 11.2. The van der Waals surface area contributed by atoms with Crippen LogP contribution < -0.4 is 0 Å². The van der Waals surface area contributed by atoms with Crippen LogP contribution in [0.15, 0.2) is 34.9 Å². The van der Waals surface area contributed by atoms with E-state index in [1.165, 1.54) is 24.4 Å². The Bertz CT molecular complexity index is 646. The molecule has 0 saturated carbocycles. The van der Waals surface area contributed by atoms with Crippen molar-refractivity contribution in [2.45, 2.75) is 6.61 Å². The molecule has 0 aliphatic rings. The summed E-state index contributed by atoms with van der Waals surface area (Å²) in [4.78, 5) is 15.9. The number of ketones is 1. The number of hydrogen-bond acceptors (Lipinski definition) is 4. The van der Waals surface area contributed by atoms with E-state index < -0.39 is 18.2 Å². The highest BCUT2D eigenvalue weighted by molar-refractivity contribution is 9.10. The van der Waals surface area contributed by atoms with E-state index >= 15 is 0 Å². The molecule has 0 radical (unpaired) electrons. The van der Waals surface area contributed by atoms with E-state index in [9.17, 15) is 14.3 Å². The first-order valence-corrected chi connectivity index (χ1v) is 6.11. The molecule has 0 aliphatic carbocycles. The average Bonchev–Trinajstić information content (AvgIpc) is 2.41. The first-order valence-electron chi connectivity index (χ1n) is 5.32. The van der Waals surface area contributed by atoms with Gasteiger partial charge in [0.1, 0.15) is 5.82 Å². The molecule has 0 bridgehead atoms. The molecule has 1 heterocycles. The summed E-state index contributed by atoms with van der Waals surface area (Å²) < 4.78 is 13.3. The van der Waals surface area contributed by atoms with Crippen molar-refractivity contribution in [1.82, 2.24) is 4.98 Å². The quantitative estimate of drug-likeness (QED) is 0.850. The van der Waals surface area contributed by atoms with Gasteiger partial charge in [-0.05, 0) is 40.2 Å². The third-order valence-corrected chi connectivity index (χ3v) is 3.18. The van der Waals surface area contributed by atoms with Gasteiger partial charge in [0, 0.05) is 17.3 Å². The summed E-state index contributed by atoms with van der Waals surface area (Å²) >= 11 is 2.98. The molecule has 2 rings (SSSR count). The topological polar surface area (TPSA) is 70.4 Å². The molecule has 1 aromatic carbocycles. The van der Waals surface area contributed by atoms with Crippen molar-refractivity contribution in [3.63, 3.8) is 0 Å². The summed E-state index contributed by atoms with van der Waals surface area (Å²) in [5, 5.41) is 18.8. The highest BCUT2D eigenvalue weighted by atomic mass is 79.9. The second-order valence-electron chi connectivity index (χ2n) is 3.78. The van der Waals surface area contributed by atoms with Gasteiger partial charge in [0.2, 0.25) is 5.78 Å². The Morgan fingerprint density at radius 1 is 1.37 bits per heavy atom. The number of aliphatic hydroxyl groups excluding tert-OH is 1. The Hall–Kier alpha value is -1.79. The Balaban J connectivity index is 2.47. The number of benzene rings is 1. The van der Waals surface area contributed by atoms with Gasteiger partial charge in [0.25, 0.3) is 0 Å². The number of hydrogen-bond donors (Lipinski definition) is 2. The number of carbonyl (C=O) groups excluding carboxylic acids is 1. The van der Waals surface area contributed by atoms with Gasteiger partial charge in [-0.2, -0.15) is 0 Å². The zero-order valence-electron chi connectivity index (χ0n) is 9.60. The lowest BCUT2D eigenvalue weighted by atomic mass is 10.1. The molecule has 0 atom stereocenters. The molecule has 19 heavy (non-hydrogen) atoms. The minimum atomic E-state index is -0.548. The summed E-state index contributed by atoms with van der Waals surface area (Å²) in [6.07, 6.45) is 1.32. The average molecular weight is 326 g/mol. The molecule has 98 valence electrons. The molecule has 0 spiro atoms. The van der Waals surface area contributed by atoms with Gasteiger partial charge in [-0.3, -0.25) is 4.79 Å². The first-order chi connectivity index (χ1) is 9.04. The highest BCUT2D eigenvalue weighted by Gasteiger charge is 2.18. The Labute approximate surface area is 116 Å².